The van der Waals surface area contributed by atoms with Crippen molar-refractivity contribution < 1.29 is 27.5 Å². The third-order valence-corrected chi connectivity index (χ3v) is 7.23. The largest absolute Gasteiger partial charge is 0.376 e. The van der Waals surface area contributed by atoms with Crippen LogP contribution in [0.15, 0.2) is 89.8 Å². The monoisotopic (exact) mass is 538 g/mol. The Morgan fingerprint density at radius 1 is 0.842 bits per heavy atom. The molecule has 0 aromatic heterocycles. The van der Waals surface area contributed by atoms with E-state index in [1.54, 1.807) is 13.0 Å². The predicted octanol–water partition coefficient (Wildman–Crippen LogP) is 4.67. The van der Waals surface area contributed by atoms with E-state index in [4.69, 9.17) is 9.47 Å². The Hall–Kier alpha value is -3.53. The highest BCUT2D eigenvalue weighted by Gasteiger charge is 2.37. The van der Waals surface area contributed by atoms with E-state index < -0.39 is 33.4 Å². The van der Waals surface area contributed by atoms with Crippen molar-refractivity contribution in [2.75, 3.05) is 11.9 Å². The van der Waals surface area contributed by atoms with Gasteiger partial charge in [0.2, 0.25) is 5.91 Å². The van der Waals surface area contributed by atoms with E-state index in [0.29, 0.717) is 6.61 Å². The van der Waals surface area contributed by atoms with Crippen molar-refractivity contribution in [3.8, 4) is 0 Å². The molecule has 3 rings (SSSR count). The molecule has 0 radical (unpaired) electrons. The fraction of sp³-hybridized carbons (Fsp3) is 0.310. The normalized spacial score (nSPS) is 12.5. The first-order valence-electron chi connectivity index (χ1n) is 12.3. The Kier molecular flexibility index (Phi) is 10.2. The van der Waals surface area contributed by atoms with Gasteiger partial charge in [-0.3, -0.25) is 9.59 Å². The van der Waals surface area contributed by atoms with Gasteiger partial charge in [-0.2, -0.15) is 0 Å². The summed E-state index contributed by atoms with van der Waals surface area (Å²) < 4.78 is 39.7. The number of carbonyl (C=O) groups excluding carboxylic acids is 2. The lowest BCUT2D eigenvalue weighted by molar-refractivity contribution is -0.141. The highest BCUT2D eigenvalue weighted by molar-refractivity contribution is 7.90. The molecule has 0 aliphatic carbocycles. The summed E-state index contributed by atoms with van der Waals surface area (Å²) in [6.45, 7) is 6.02. The second-order valence-electron chi connectivity index (χ2n) is 9.51. The number of para-hydroxylation sites is 1. The Bertz CT molecular complexity index is 1310. The van der Waals surface area contributed by atoms with Crippen molar-refractivity contribution in [3.05, 3.63) is 96.1 Å². The Morgan fingerprint density at radius 3 is 2.00 bits per heavy atom. The van der Waals surface area contributed by atoms with E-state index in [9.17, 15) is 18.0 Å². The van der Waals surface area contributed by atoms with Gasteiger partial charge in [0.25, 0.3) is 15.9 Å². The molecule has 0 saturated heterocycles. The first kappa shape index (κ1) is 29.0. The number of carbonyl (C=O) groups is 2. The molecule has 1 unspecified atom stereocenters. The summed E-state index contributed by atoms with van der Waals surface area (Å²) in [6, 6.07) is 25.1. The van der Waals surface area contributed by atoms with Crippen LogP contribution in [0.3, 0.4) is 0 Å². The summed E-state index contributed by atoms with van der Waals surface area (Å²) in [4.78, 5) is 25.2. The molecular formula is C29H34N2O6S. The van der Waals surface area contributed by atoms with Gasteiger partial charge in [0.05, 0.1) is 25.5 Å². The van der Waals surface area contributed by atoms with Crippen molar-refractivity contribution in [3.63, 3.8) is 0 Å². The summed E-state index contributed by atoms with van der Waals surface area (Å²) in [5.74, 6) is -1.18. The number of hydrogen-bond acceptors (Lipinski definition) is 6. The minimum atomic E-state index is -4.19. The first-order chi connectivity index (χ1) is 18.1. The molecule has 0 heterocycles. The van der Waals surface area contributed by atoms with Gasteiger partial charge in [-0.15, -0.1) is 0 Å². The average Bonchev–Trinajstić information content (AvgIpc) is 2.89. The number of hydrogen-bond donors (Lipinski definition) is 2. The molecule has 3 aromatic rings. The molecule has 0 aliphatic heterocycles. The minimum Gasteiger partial charge on any atom is -0.376 e. The molecule has 0 saturated carbocycles. The fourth-order valence-electron chi connectivity index (χ4n) is 3.77. The lowest BCUT2D eigenvalue weighted by Gasteiger charge is -2.33. The van der Waals surface area contributed by atoms with Crippen LogP contribution in [0.1, 0.15) is 38.3 Å². The van der Waals surface area contributed by atoms with Gasteiger partial charge in [-0.05, 0) is 23.3 Å². The number of rotatable bonds is 13. The molecule has 202 valence electrons. The van der Waals surface area contributed by atoms with Gasteiger partial charge in [-0.1, -0.05) is 93.6 Å². The van der Waals surface area contributed by atoms with Crippen LogP contribution in [0.4, 0.5) is 5.69 Å². The van der Waals surface area contributed by atoms with Gasteiger partial charge in [-0.25, -0.2) is 13.1 Å². The van der Waals surface area contributed by atoms with Crippen molar-refractivity contribution in [1.29, 1.82) is 0 Å². The van der Waals surface area contributed by atoms with Crippen LogP contribution in [0, 0.1) is 5.41 Å². The molecule has 3 aromatic carbocycles. The van der Waals surface area contributed by atoms with Crippen LogP contribution in [-0.4, -0.2) is 32.9 Å². The molecule has 2 amide bonds. The van der Waals surface area contributed by atoms with Crippen LogP contribution in [-0.2, 0) is 42.3 Å². The average molecular weight is 539 g/mol. The zero-order valence-corrected chi connectivity index (χ0v) is 22.7. The van der Waals surface area contributed by atoms with Gasteiger partial charge in [0.15, 0.2) is 0 Å². The van der Waals surface area contributed by atoms with Gasteiger partial charge in [0.1, 0.15) is 11.0 Å². The molecule has 0 aliphatic rings. The van der Waals surface area contributed by atoms with Crippen LogP contribution < -0.4 is 10.0 Å². The molecule has 0 bridgehead atoms. The maximum atomic E-state index is 13.6. The first-order valence-corrected chi connectivity index (χ1v) is 13.8. The van der Waals surface area contributed by atoms with Crippen molar-refractivity contribution in [2.45, 2.75) is 51.4 Å². The number of amides is 2. The molecular weight excluding hydrogens is 504 g/mol. The Balaban J connectivity index is 1.82. The second kappa shape index (κ2) is 13.3. The van der Waals surface area contributed by atoms with Gasteiger partial charge < -0.3 is 14.8 Å². The van der Waals surface area contributed by atoms with E-state index >= 15 is 0 Å². The number of anilines is 1. The summed E-state index contributed by atoms with van der Waals surface area (Å²) in [7, 11) is -4.19. The van der Waals surface area contributed by atoms with Gasteiger partial charge in [0, 0.05) is 11.8 Å². The molecule has 1 atom stereocenters. The zero-order valence-electron chi connectivity index (χ0n) is 21.8. The fourth-order valence-corrected chi connectivity index (χ4v) is 4.99. The summed E-state index contributed by atoms with van der Waals surface area (Å²) in [6.07, 6.45) is -0.986. The second-order valence-corrected chi connectivity index (χ2v) is 11.2. The molecule has 0 fully saturated rings. The zero-order chi connectivity index (χ0) is 27.6. The van der Waals surface area contributed by atoms with Crippen LogP contribution >= 0.6 is 0 Å². The third kappa shape index (κ3) is 8.24. The minimum absolute atomic E-state index is 0.000324. The highest BCUT2D eigenvalue weighted by atomic mass is 32.2. The van der Waals surface area contributed by atoms with Crippen molar-refractivity contribution in [1.82, 2.24) is 4.72 Å². The van der Waals surface area contributed by atoms with Crippen molar-refractivity contribution >= 4 is 27.5 Å². The number of sulfonamides is 1. The maximum Gasteiger partial charge on any atom is 0.266 e. The van der Waals surface area contributed by atoms with E-state index in [1.807, 2.05) is 79.2 Å². The quantitative estimate of drug-likeness (QED) is 0.327. The topological polar surface area (TPSA) is 111 Å². The lowest BCUT2D eigenvalue weighted by atomic mass is 9.86. The highest BCUT2D eigenvalue weighted by Crippen LogP contribution is 2.28. The van der Waals surface area contributed by atoms with E-state index in [1.165, 1.54) is 18.2 Å². The molecule has 8 nitrogen and oxygen atoms in total. The molecule has 38 heavy (non-hydrogen) atoms. The smallest absolute Gasteiger partial charge is 0.266 e. The lowest BCUT2D eigenvalue weighted by Crippen LogP contribution is -2.45. The number of benzene rings is 3. The predicted molar refractivity (Wildman–Crippen MR) is 146 cm³/mol. The SMILES string of the molecule is CCC(=O)NS(=O)(=O)c1ccccc1NC(=O)C(OCc1ccccc1)C(C)(C)COCc1ccccc1. The number of ether oxygens (including phenoxy) is 2. The van der Waals surface area contributed by atoms with Gasteiger partial charge >= 0.3 is 0 Å². The van der Waals surface area contributed by atoms with Crippen LogP contribution in [0.5, 0.6) is 0 Å². The summed E-state index contributed by atoms with van der Waals surface area (Å²) in [5, 5.41) is 2.71. The number of nitrogens with one attached hydrogen (secondary N) is 2. The molecule has 0 spiro atoms. The van der Waals surface area contributed by atoms with Crippen LogP contribution in [0.2, 0.25) is 0 Å². The van der Waals surface area contributed by atoms with E-state index in [2.05, 4.69) is 5.32 Å². The third-order valence-electron chi connectivity index (χ3n) is 5.80. The van der Waals surface area contributed by atoms with E-state index in [0.717, 1.165) is 11.1 Å². The standard InChI is InChI=1S/C29H34N2O6S/c1-4-26(32)31-38(34,35)25-18-12-11-17-24(25)30-28(33)27(37-20-23-15-9-6-10-16-23)29(2,3)21-36-19-22-13-7-5-8-14-22/h5-18,27H,4,19-21H2,1-3H3,(H,30,33)(H,31,32). The Morgan fingerprint density at radius 2 is 1.39 bits per heavy atom. The maximum absolute atomic E-state index is 13.6. The molecule has 9 heteroatoms. The van der Waals surface area contributed by atoms with E-state index in [-0.39, 0.29) is 30.2 Å². The summed E-state index contributed by atoms with van der Waals surface area (Å²) >= 11 is 0. The summed E-state index contributed by atoms with van der Waals surface area (Å²) in [5.41, 5.74) is 1.15. The van der Waals surface area contributed by atoms with Crippen molar-refractivity contribution in [2.24, 2.45) is 5.41 Å². The van der Waals surface area contributed by atoms with Crippen LogP contribution in [0.25, 0.3) is 0 Å². The Labute approximate surface area is 224 Å². The molecule has 2 N–H and O–H groups in total.